The zero-order valence-corrected chi connectivity index (χ0v) is 23.2. The van der Waals surface area contributed by atoms with Gasteiger partial charge < -0.3 is 25.4 Å². The van der Waals surface area contributed by atoms with E-state index in [0.29, 0.717) is 12.8 Å². The number of nitrogens with one attached hydrogen (secondary N) is 3. The molecule has 216 valence electrons. The first-order valence-corrected chi connectivity index (χ1v) is 13.7. The van der Waals surface area contributed by atoms with E-state index in [1.165, 1.54) is 28.8 Å². The van der Waals surface area contributed by atoms with Crippen molar-refractivity contribution in [1.82, 2.24) is 30.1 Å². The molecule has 41 heavy (non-hydrogen) atoms. The molecule has 5 rings (SSSR count). The van der Waals surface area contributed by atoms with E-state index in [9.17, 15) is 33.9 Å². The van der Waals surface area contributed by atoms with Crippen molar-refractivity contribution in [2.75, 3.05) is 7.11 Å². The molecule has 0 radical (unpaired) electrons. The molecule has 3 aliphatic rings. The number of carbonyl (C=O) groups excluding carboxylic acids is 3. The molecule has 15 heteroatoms. The van der Waals surface area contributed by atoms with Crippen LogP contribution in [0.3, 0.4) is 0 Å². The first kappa shape index (κ1) is 28.1. The largest absolute Gasteiger partial charge is 0.501 e. The molecule has 4 N–H and O–H groups in total. The number of β-lactam (4-membered cyclic amide) rings is 1. The number of H-pyrrole nitrogens is 1. The predicted octanol–water partition coefficient (Wildman–Crippen LogP) is -0.246. The number of fused-ring (bicyclic) bond motifs is 2. The molecule has 2 aromatic rings. The van der Waals surface area contributed by atoms with Crippen LogP contribution in [-0.2, 0) is 19.1 Å². The number of hydrogen-bond donors (Lipinski definition) is 4. The van der Waals surface area contributed by atoms with Gasteiger partial charge in [0, 0.05) is 23.4 Å². The number of carboxylic acid groups (broad SMARTS) is 1. The summed E-state index contributed by atoms with van der Waals surface area (Å²) in [6, 6.07) is -0.686. The SMILES string of the molecule is COC1=CCC(CC(NC(=O)c2cnc3ccc(=O)[nH]n3c2=O)C(=O)N[C@@H]2C(=O)N3[C@@H]2SC(C)(C)[C@@H]3C(=O)O)=CC1. The third kappa shape index (κ3) is 5.12. The molecule has 4 heterocycles. The van der Waals surface area contributed by atoms with Crippen molar-refractivity contribution < 1.29 is 29.0 Å². The Morgan fingerprint density at radius 3 is 2.63 bits per heavy atom. The lowest BCUT2D eigenvalue weighted by atomic mass is 9.94. The van der Waals surface area contributed by atoms with E-state index in [2.05, 4.69) is 20.7 Å². The van der Waals surface area contributed by atoms with Gasteiger partial charge in [-0.15, -0.1) is 11.8 Å². The predicted molar refractivity (Wildman–Crippen MR) is 146 cm³/mol. The molecule has 2 saturated heterocycles. The Morgan fingerprint density at radius 2 is 1.98 bits per heavy atom. The summed E-state index contributed by atoms with van der Waals surface area (Å²) in [6.07, 6.45) is 5.84. The number of ether oxygens (including phenoxy) is 1. The molecule has 4 atom stereocenters. The van der Waals surface area contributed by atoms with Gasteiger partial charge in [0.1, 0.15) is 29.1 Å². The van der Waals surface area contributed by atoms with Crippen LogP contribution in [0.2, 0.25) is 0 Å². The van der Waals surface area contributed by atoms with Gasteiger partial charge in [-0.05, 0) is 38.8 Å². The van der Waals surface area contributed by atoms with Crippen LogP contribution < -0.4 is 21.8 Å². The highest BCUT2D eigenvalue weighted by atomic mass is 32.2. The topological polar surface area (TPSA) is 192 Å². The fraction of sp³-hybridized carbons (Fsp3) is 0.423. The molecular formula is C26H28N6O8S. The van der Waals surface area contributed by atoms with Crippen molar-refractivity contribution in [3.63, 3.8) is 0 Å². The number of carbonyl (C=O) groups is 4. The van der Waals surface area contributed by atoms with E-state index in [4.69, 9.17) is 4.74 Å². The van der Waals surface area contributed by atoms with Crippen LogP contribution in [0, 0.1) is 0 Å². The summed E-state index contributed by atoms with van der Waals surface area (Å²) in [7, 11) is 1.56. The average molecular weight is 585 g/mol. The molecule has 3 amide bonds. The van der Waals surface area contributed by atoms with E-state index < -0.39 is 68.6 Å². The fourth-order valence-electron chi connectivity index (χ4n) is 5.24. The standard InChI is InChI=1S/C26H28N6O8S/c1-26(2)19(25(38)39)31-23(37)18(24(31)41-26)29-21(35)15(10-12-4-6-13(40-3)7-5-12)28-20(34)14-11-27-16-8-9-17(33)30-32(16)22(14)36/h4,7-9,11,15,18-19,24H,5-6,10H2,1-3H3,(H,28,34)(H,29,35)(H,30,33)(H,38,39)/t15?,18-,19+,24-/m1/s1. The number of aliphatic carboxylic acids is 1. The maximum atomic E-state index is 13.5. The molecule has 2 fully saturated rings. The van der Waals surface area contributed by atoms with Crippen molar-refractivity contribution in [3.8, 4) is 0 Å². The van der Waals surface area contributed by atoms with Crippen LogP contribution in [0.4, 0.5) is 0 Å². The van der Waals surface area contributed by atoms with Crippen molar-refractivity contribution in [1.29, 1.82) is 0 Å². The molecule has 2 aromatic heterocycles. The Morgan fingerprint density at radius 1 is 1.22 bits per heavy atom. The zero-order valence-electron chi connectivity index (χ0n) is 22.4. The number of aromatic nitrogens is 3. The van der Waals surface area contributed by atoms with E-state index in [1.807, 2.05) is 12.2 Å². The summed E-state index contributed by atoms with van der Waals surface area (Å²) in [5.41, 5.74) is -0.847. The lowest BCUT2D eigenvalue weighted by Crippen LogP contribution is -2.71. The Bertz CT molecular complexity index is 1640. The van der Waals surface area contributed by atoms with Crippen molar-refractivity contribution in [3.05, 3.63) is 68.1 Å². The third-order valence-electron chi connectivity index (χ3n) is 7.35. The van der Waals surface area contributed by atoms with Crippen LogP contribution in [0.25, 0.3) is 5.65 Å². The second-order valence-electron chi connectivity index (χ2n) is 10.4. The summed E-state index contributed by atoms with van der Waals surface area (Å²) in [5, 5.41) is 16.6. The van der Waals surface area contributed by atoms with Crippen molar-refractivity contribution >= 4 is 41.1 Å². The summed E-state index contributed by atoms with van der Waals surface area (Å²) in [6.45, 7) is 3.45. The van der Waals surface area contributed by atoms with Gasteiger partial charge in [0.15, 0.2) is 5.65 Å². The normalized spacial score (nSPS) is 23.5. The Labute approximate surface area is 236 Å². The van der Waals surface area contributed by atoms with E-state index in [0.717, 1.165) is 22.0 Å². The first-order chi connectivity index (χ1) is 19.4. The minimum atomic E-state index is -1.18. The number of thioether (sulfide) groups is 1. The van der Waals surface area contributed by atoms with E-state index in [-0.39, 0.29) is 12.1 Å². The minimum Gasteiger partial charge on any atom is -0.501 e. The maximum Gasteiger partial charge on any atom is 0.327 e. The van der Waals surface area contributed by atoms with Crippen molar-refractivity contribution in [2.24, 2.45) is 0 Å². The molecule has 0 saturated carbocycles. The Kier molecular flexibility index (Phi) is 7.23. The molecule has 1 unspecified atom stereocenters. The number of carboxylic acids is 1. The third-order valence-corrected chi connectivity index (χ3v) is 8.92. The van der Waals surface area contributed by atoms with Crippen molar-refractivity contribution in [2.45, 2.75) is 61.4 Å². The van der Waals surface area contributed by atoms with Gasteiger partial charge in [-0.2, -0.15) is 4.52 Å². The summed E-state index contributed by atoms with van der Waals surface area (Å²) < 4.78 is 5.32. The van der Waals surface area contributed by atoms with Crippen LogP contribution >= 0.6 is 11.8 Å². The number of rotatable bonds is 8. The molecule has 0 bridgehead atoms. The monoisotopic (exact) mass is 584 g/mol. The second kappa shape index (κ2) is 10.5. The highest BCUT2D eigenvalue weighted by molar-refractivity contribution is 8.01. The minimum absolute atomic E-state index is 0.0793. The number of methoxy groups -OCH3 is 1. The summed E-state index contributed by atoms with van der Waals surface area (Å²) >= 11 is 1.28. The van der Waals surface area contributed by atoms with Crippen LogP contribution in [0.5, 0.6) is 0 Å². The van der Waals surface area contributed by atoms with Gasteiger partial charge in [-0.3, -0.25) is 29.1 Å². The Balaban J connectivity index is 1.38. The van der Waals surface area contributed by atoms with Crippen LogP contribution in [0.15, 0.2) is 51.4 Å². The van der Waals surface area contributed by atoms with E-state index >= 15 is 0 Å². The first-order valence-electron chi connectivity index (χ1n) is 12.8. The number of allylic oxidation sites excluding steroid dienone is 2. The zero-order chi connectivity index (χ0) is 29.6. The number of aromatic amines is 1. The summed E-state index contributed by atoms with van der Waals surface area (Å²) in [5.74, 6) is -2.45. The second-order valence-corrected chi connectivity index (χ2v) is 12.2. The highest BCUT2D eigenvalue weighted by Crippen LogP contribution is 2.50. The van der Waals surface area contributed by atoms with Gasteiger partial charge in [0.25, 0.3) is 17.0 Å². The number of nitrogens with zero attached hydrogens (tertiary/aromatic N) is 3. The molecule has 2 aliphatic heterocycles. The lowest BCUT2D eigenvalue weighted by molar-refractivity contribution is -0.161. The number of hydrogen-bond acceptors (Lipinski definition) is 9. The van der Waals surface area contributed by atoms with Crippen LogP contribution in [0.1, 0.15) is 43.5 Å². The van der Waals surface area contributed by atoms with Gasteiger partial charge in [-0.1, -0.05) is 11.6 Å². The Hall–Kier alpha value is -4.40. The smallest absolute Gasteiger partial charge is 0.327 e. The molecule has 1 aliphatic carbocycles. The van der Waals surface area contributed by atoms with E-state index in [1.54, 1.807) is 21.0 Å². The molecule has 0 spiro atoms. The van der Waals surface area contributed by atoms with Crippen LogP contribution in [-0.4, -0.2) is 83.7 Å². The summed E-state index contributed by atoms with van der Waals surface area (Å²) in [4.78, 5) is 81.5. The quantitative estimate of drug-likeness (QED) is 0.238. The lowest BCUT2D eigenvalue weighted by Gasteiger charge is -2.44. The molecule has 0 aromatic carbocycles. The molecular weight excluding hydrogens is 556 g/mol. The number of amides is 3. The highest BCUT2D eigenvalue weighted by Gasteiger charge is 2.64. The average Bonchev–Trinajstić information content (AvgIpc) is 3.19. The van der Waals surface area contributed by atoms with Gasteiger partial charge in [0.05, 0.1) is 12.9 Å². The molecule has 14 nitrogen and oxygen atoms in total. The maximum absolute atomic E-state index is 13.5. The van der Waals surface area contributed by atoms with Gasteiger partial charge in [-0.25, -0.2) is 9.78 Å². The van der Waals surface area contributed by atoms with Gasteiger partial charge in [0.2, 0.25) is 11.8 Å². The van der Waals surface area contributed by atoms with Gasteiger partial charge >= 0.3 is 5.97 Å². The fourth-order valence-corrected chi connectivity index (χ4v) is 6.87.